The molecule has 2 fully saturated rings. The summed E-state index contributed by atoms with van der Waals surface area (Å²) >= 11 is -1.64. The van der Waals surface area contributed by atoms with Crippen LogP contribution in [0.4, 0.5) is 18.0 Å². The van der Waals surface area contributed by atoms with E-state index in [1.54, 1.807) is 46.4 Å². The zero-order valence-corrected chi connectivity index (χ0v) is 21.8. The Labute approximate surface area is 203 Å². The molecule has 2 saturated heterocycles. The van der Waals surface area contributed by atoms with Gasteiger partial charge in [0.15, 0.2) is 0 Å². The molecule has 2 heterocycles. The molecule has 3 atom stereocenters. The number of benzene rings is 1. The van der Waals surface area contributed by atoms with E-state index in [0.717, 1.165) is 6.07 Å². The zero-order valence-electron chi connectivity index (χ0n) is 21.0. The highest BCUT2D eigenvalue weighted by molar-refractivity contribution is 7.91. The predicted octanol–water partition coefficient (Wildman–Crippen LogP) is 6.37. The summed E-state index contributed by atoms with van der Waals surface area (Å²) in [6.45, 7) is 12.0. The first-order valence-corrected chi connectivity index (χ1v) is 12.8. The second kappa shape index (κ2) is 9.37. The van der Waals surface area contributed by atoms with Gasteiger partial charge in [0.2, 0.25) is 0 Å². The summed E-state index contributed by atoms with van der Waals surface area (Å²) in [7, 11) is 0. The van der Waals surface area contributed by atoms with Crippen LogP contribution in [0.25, 0.3) is 0 Å². The number of piperidine rings is 1. The van der Waals surface area contributed by atoms with Crippen molar-refractivity contribution in [3.63, 3.8) is 0 Å². The van der Waals surface area contributed by atoms with Crippen molar-refractivity contribution >= 4 is 23.2 Å². The summed E-state index contributed by atoms with van der Waals surface area (Å²) in [4.78, 5) is 14.3. The molecule has 190 valence electrons. The molecule has 0 aliphatic carbocycles. The van der Waals surface area contributed by atoms with Crippen LogP contribution in [-0.4, -0.2) is 43.7 Å². The number of fused-ring (bicyclic) bond motifs is 2. The number of hydrogen-bond donors (Lipinski definition) is 0. The molecule has 3 unspecified atom stereocenters. The van der Waals surface area contributed by atoms with Crippen molar-refractivity contribution < 1.29 is 27.3 Å². The van der Waals surface area contributed by atoms with Crippen LogP contribution in [0.1, 0.15) is 85.3 Å². The highest BCUT2D eigenvalue weighted by Crippen LogP contribution is 2.49. The fourth-order valence-corrected chi connectivity index (χ4v) is 5.31. The van der Waals surface area contributed by atoms with Crippen molar-refractivity contribution in [3.05, 3.63) is 35.1 Å². The van der Waals surface area contributed by atoms with Gasteiger partial charge in [-0.3, -0.25) is 0 Å². The minimum Gasteiger partial charge on any atom is -0.591 e. The Morgan fingerprint density at radius 1 is 1.12 bits per heavy atom. The fraction of sp³-hybridized carbons (Fsp3) is 0.680. The average Bonchev–Trinajstić information content (AvgIpc) is 2.95. The first kappa shape index (κ1) is 26.9. The number of ether oxygens (including phenoxy) is 1. The quantitative estimate of drug-likeness (QED) is 0.357. The molecule has 1 aromatic carbocycles. The number of rotatable bonds is 4. The van der Waals surface area contributed by atoms with E-state index in [1.165, 1.54) is 19.1 Å². The maximum Gasteiger partial charge on any atom is 0.410 e. The van der Waals surface area contributed by atoms with E-state index in [-0.39, 0.29) is 36.2 Å². The van der Waals surface area contributed by atoms with Crippen molar-refractivity contribution in [1.29, 1.82) is 0 Å². The van der Waals surface area contributed by atoms with Gasteiger partial charge < -0.3 is 14.2 Å². The molecule has 0 radical (unpaired) electrons. The smallest absolute Gasteiger partial charge is 0.410 e. The van der Waals surface area contributed by atoms with E-state index < -0.39 is 51.0 Å². The number of halogens is 3. The van der Waals surface area contributed by atoms with E-state index >= 15 is 13.2 Å². The molecule has 0 spiro atoms. The van der Waals surface area contributed by atoms with Crippen LogP contribution in [0.5, 0.6) is 0 Å². The lowest BCUT2D eigenvalue weighted by atomic mass is 9.82. The number of carbonyl (C=O) groups is 1. The van der Waals surface area contributed by atoms with E-state index in [1.807, 2.05) is 0 Å². The van der Waals surface area contributed by atoms with E-state index in [4.69, 9.17) is 4.74 Å². The van der Waals surface area contributed by atoms with Gasteiger partial charge in [0.25, 0.3) is 5.92 Å². The summed E-state index contributed by atoms with van der Waals surface area (Å²) in [5, 5.41) is 0. The second-order valence-electron chi connectivity index (χ2n) is 11.3. The van der Waals surface area contributed by atoms with Crippen molar-refractivity contribution in [2.45, 2.75) is 103 Å². The average molecular weight is 501 g/mol. The summed E-state index contributed by atoms with van der Waals surface area (Å²) in [5.41, 5.74) is -1.32. The van der Waals surface area contributed by atoms with Gasteiger partial charge in [-0.25, -0.2) is 18.0 Å². The monoisotopic (exact) mass is 500 g/mol. The molecule has 2 aliphatic rings. The van der Waals surface area contributed by atoms with Gasteiger partial charge in [-0.1, -0.05) is 22.6 Å². The van der Waals surface area contributed by atoms with Crippen LogP contribution in [0.15, 0.2) is 22.6 Å². The normalized spacial score (nSPS) is 24.9. The molecule has 1 amide bonds. The first-order valence-electron chi connectivity index (χ1n) is 11.7. The number of alkyl halides is 2. The van der Waals surface area contributed by atoms with Gasteiger partial charge in [0.05, 0.1) is 11.3 Å². The Hall–Kier alpha value is -1.74. The Balaban J connectivity index is 1.85. The highest BCUT2D eigenvalue weighted by Gasteiger charge is 2.53. The zero-order chi connectivity index (χ0) is 25.6. The fourth-order valence-electron chi connectivity index (χ4n) is 4.69. The van der Waals surface area contributed by atoms with Crippen LogP contribution >= 0.6 is 0 Å². The van der Waals surface area contributed by atoms with Crippen molar-refractivity contribution in [2.75, 3.05) is 0 Å². The molecular weight excluding hydrogens is 465 g/mol. The van der Waals surface area contributed by atoms with Crippen LogP contribution in [0.2, 0.25) is 0 Å². The molecule has 3 rings (SSSR count). The van der Waals surface area contributed by atoms with Crippen LogP contribution in [0.3, 0.4) is 0 Å². The molecule has 0 aromatic heterocycles. The maximum atomic E-state index is 15.7. The van der Waals surface area contributed by atoms with Gasteiger partial charge in [-0.05, 0) is 74.1 Å². The molecule has 5 nitrogen and oxygen atoms in total. The molecule has 9 heteroatoms. The van der Waals surface area contributed by atoms with Gasteiger partial charge in [0, 0.05) is 23.6 Å². The molecule has 2 bridgehead atoms. The minimum atomic E-state index is -3.43. The van der Waals surface area contributed by atoms with Gasteiger partial charge in [0.1, 0.15) is 27.5 Å². The maximum absolute atomic E-state index is 15.7. The molecule has 1 aromatic rings. The second-order valence-corrected chi connectivity index (χ2v) is 13.2. The number of hydrogen-bond acceptors (Lipinski definition) is 4. The number of nitrogens with zero attached hydrogens (tertiary/aromatic N) is 2. The van der Waals surface area contributed by atoms with E-state index in [2.05, 4.69) is 4.40 Å². The van der Waals surface area contributed by atoms with Gasteiger partial charge >= 0.3 is 6.09 Å². The number of amides is 1. The van der Waals surface area contributed by atoms with Crippen LogP contribution < -0.4 is 0 Å². The van der Waals surface area contributed by atoms with Gasteiger partial charge in [-0.2, -0.15) is 0 Å². The molecule has 0 N–H and O–H groups in total. The first-order chi connectivity index (χ1) is 15.5. The third-order valence-electron chi connectivity index (χ3n) is 6.34. The van der Waals surface area contributed by atoms with E-state index in [9.17, 15) is 9.35 Å². The van der Waals surface area contributed by atoms with Crippen molar-refractivity contribution in [1.82, 2.24) is 4.90 Å². The summed E-state index contributed by atoms with van der Waals surface area (Å²) in [6.07, 6.45) is 0.932. The Kier molecular flexibility index (Phi) is 7.40. The topological polar surface area (TPSA) is 65.0 Å². The van der Waals surface area contributed by atoms with Crippen molar-refractivity contribution in [3.8, 4) is 0 Å². The summed E-state index contributed by atoms with van der Waals surface area (Å²) < 4.78 is 68.0. The SMILES string of the molecule is CC(=N[S+]([O-])C(C)(C)C)c1cccc(C(F)(F)C2CC3CCC(C2)N3C(=O)OC(C)(C)C)c1F. The van der Waals surface area contributed by atoms with Crippen LogP contribution in [-0.2, 0) is 22.0 Å². The third kappa shape index (κ3) is 5.56. The molecule has 2 aliphatic heterocycles. The summed E-state index contributed by atoms with van der Waals surface area (Å²) in [6, 6.07) is 3.16. The minimum absolute atomic E-state index is 0.0769. The predicted molar refractivity (Wildman–Crippen MR) is 128 cm³/mol. The highest BCUT2D eigenvalue weighted by atomic mass is 32.2. The van der Waals surface area contributed by atoms with E-state index in [0.29, 0.717) is 12.8 Å². The Bertz CT molecular complexity index is 942. The Morgan fingerprint density at radius 2 is 1.68 bits per heavy atom. The molecule has 34 heavy (non-hydrogen) atoms. The standard InChI is InChI=1S/C25H35F3N2O3S/c1-15(29-34(32)24(5,6)7)19-9-8-10-20(21(19)26)25(27,28)16-13-17-11-12-18(14-16)30(17)22(31)33-23(2,3)4/h8-10,16-18H,11-14H2,1-7H3. The molecule has 0 saturated carbocycles. The van der Waals surface area contributed by atoms with Gasteiger partial charge in [-0.15, -0.1) is 0 Å². The van der Waals surface area contributed by atoms with Crippen LogP contribution in [0, 0.1) is 11.7 Å². The lowest BCUT2D eigenvalue weighted by Crippen LogP contribution is -2.50. The third-order valence-corrected chi connectivity index (χ3v) is 7.83. The lowest BCUT2D eigenvalue weighted by molar-refractivity contribution is -0.100. The number of carbonyl (C=O) groups excluding carboxylic acids is 1. The molecular formula is C25H35F3N2O3S. The lowest BCUT2D eigenvalue weighted by Gasteiger charge is -2.41. The largest absolute Gasteiger partial charge is 0.591 e. The van der Waals surface area contributed by atoms with Crippen molar-refractivity contribution in [2.24, 2.45) is 10.3 Å². The Morgan fingerprint density at radius 3 is 2.18 bits per heavy atom. The summed E-state index contributed by atoms with van der Waals surface area (Å²) in [5.74, 6) is -5.57.